The van der Waals surface area contributed by atoms with E-state index in [-0.39, 0.29) is 0 Å². The molecule has 0 bridgehead atoms. The summed E-state index contributed by atoms with van der Waals surface area (Å²) >= 11 is 0. The van der Waals surface area contributed by atoms with Crippen LogP contribution in [0.2, 0.25) is 0 Å². The first-order chi connectivity index (χ1) is 31.3. The number of anilines is 3. The van der Waals surface area contributed by atoms with E-state index in [1.165, 1.54) is 96.9 Å². The van der Waals surface area contributed by atoms with E-state index >= 15 is 0 Å². The van der Waals surface area contributed by atoms with E-state index in [0.29, 0.717) is 0 Å². The summed E-state index contributed by atoms with van der Waals surface area (Å²) in [5.74, 6) is 0. The maximum atomic E-state index is 2.45. The van der Waals surface area contributed by atoms with Crippen LogP contribution < -0.4 is 4.90 Å². The number of hydrogen-bond acceptors (Lipinski definition) is 1. The van der Waals surface area contributed by atoms with Crippen molar-refractivity contribution < 1.29 is 0 Å². The lowest BCUT2D eigenvalue weighted by molar-refractivity contribution is 0.662. The molecule has 0 fully saturated rings. The quantitative estimate of drug-likeness (QED) is 0.145. The highest BCUT2D eigenvalue weighted by Gasteiger charge is 2.28. The van der Waals surface area contributed by atoms with Gasteiger partial charge in [0, 0.05) is 17.1 Å². The third-order valence-corrected chi connectivity index (χ3v) is 14.1. The first kappa shape index (κ1) is 37.5. The van der Waals surface area contributed by atoms with Crippen molar-refractivity contribution in [2.24, 2.45) is 0 Å². The number of hydrogen-bond donors (Lipinski definition) is 0. The van der Waals surface area contributed by atoms with Gasteiger partial charge in [0.25, 0.3) is 0 Å². The molecule has 0 saturated heterocycles. The number of rotatable bonds is 7. The van der Waals surface area contributed by atoms with Crippen molar-refractivity contribution in [2.75, 3.05) is 4.90 Å². The Bertz CT molecular complexity index is 3220. The van der Waals surface area contributed by atoms with Crippen LogP contribution in [-0.4, -0.2) is 0 Å². The van der Waals surface area contributed by atoms with Crippen LogP contribution in [0.25, 0.3) is 76.8 Å². The maximum absolute atomic E-state index is 2.45. The predicted molar refractivity (Wildman–Crippen MR) is 269 cm³/mol. The molecule has 1 nitrogen and oxygen atoms in total. The third-order valence-electron chi connectivity index (χ3n) is 14.1. The summed E-state index contributed by atoms with van der Waals surface area (Å²) < 4.78 is 0. The van der Waals surface area contributed by atoms with Gasteiger partial charge in [0.1, 0.15) is 0 Å². The summed E-state index contributed by atoms with van der Waals surface area (Å²) in [4.78, 5) is 2.45. The molecular formula is C62H49N. The minimum Gasteiger partial charge on any atom is -0.310 e. The first-order valence-electron chi connectivity index (χ1n) is 23.0. The number of benzene rings is 10. The van der Waals surface area contributed by atoms with Crippen LogP contribution in [0.3, 0.4) is 0 Å². The van der Waals surface area contributed by atoms with Crippen LogP contribution in [-0.2, 0) is 25.7 Å². The minimum absolute atomic E-state index is 1.14. The van der Waals surface area contributed by atoms with E-state index in [4.69, 9.17) is 0 Å². The number of nitrogens with zero attached hydrogens (tertiary/aromatic N) is 1. The Balaban J connectivity index is 0.993. The van der Waals surface area contributed by atoms with Gasteiger partial charge in [-0.25, -0.2) is 0 Å². The Hall–Kier alpha value is -7.22. The molecule has 0 saturated carbocycles. The molecule has 10 aromatic rings. The van der Waals surface area contributed by atoms with Crippen LogP contribution in [0.15, 0.2) is 200 Å². The maximum Gasteiger partial charge on any atom is 0.0468 e. The van der Waals surface area contributed by atoms with E-state index in [9.17, 15) is 0 Å². The summed E-state index contributed by atoms with van der Waals surface area (Å²) in [5.41, 5.74) is 20.7. The van der Waals surface area contributed by atoms with Gasteiger partial charge in [-0.2, -0.15) is 0 Å². The van der Waals surface area contributed by atoms with E-state index in [2.05, 4.69) is 205 Å². The highest BCUT2D eigenvalue weighted by molar-refractivity contribution is 6.25. The average Bonchev–Trinajstić information content (AvgIpc) is 3.37. The second kappa shape index (κ2) is 15.9. The highest BCUT2D eigenvalue weighted by Crippen LogP contribution is 2.48. The average molecular weight is 808 g/mol. The minimum atomic E-state index is 1.14. The van der Waals surface area contributed by atoms with Crippen LogP contribution in [0.5, 0.6) is 0 Å². The standard InChI is InChI=1S/C62H49N/c1-3-15-42(16-4-1)44-27-29-46(30-28-44)61-56-23-11-13-25-58(56)62(59-26-14-12-24-57(59)61)47-33-37-49(38-34-47)63(48-35-31-45(32-36-48)43-17-5-2-6-18-43)50-39-40-55-53-21-8-7-19-51(53)52-20-9-10-22-54(52)60(55)41-50/h1-10,15-22,27-41H,11-14,23-26H2. The molecule has 63 heavy (non-hydrogen) atoms. The molecule has 0 aromatic heterocycles. The lowest BCUT2D eigenvalue weighted by Gasteiger charge is -2.32. The fourth-order valence-corrected chi connectivity index (χ4v) is 11.1. The zero-order chi connectivity index (χ0) is 41.7. The summed E-state index contributed by atoms with van der Waals surface area (Å²) in [6, 6.07) is 74.5. The largest absolute Gasteiger partial charge is 0.310 e. The molecular weight excluding hydrogens is 759 g/mol. The molecule has 12 rings (SSSR count). The summed E-state index contributed by atoms with van der Waals surface area (Å²) in [7, 11) is 0. The monoisotopic (exact) mass is 807 g/mol. The van der Waals surface area contributed by atoms with Crippen LogP contribution in [0.1, 0.15) is 47.9 Å². The van der Waals surface area contributed by atoms with Gasteiger partial charge in [-0.3, -0.25) is 0 Å². The molecule has 2 aliphatic carbocycles. The third kappa shape index (κ3) is 6.62. The normalized spacial score (nSPS) is 13.5. The zero-order valence-corrected chi connectivity index (χ0v) is 35.7. The van der Waals surface area contributed by atoms with Crippen molar-refractivity contribution >= 4 is 49.4 Å². The van der Waals surface area contributed by atoms with Crippen LogP contribution in [0.4, 0.5) is 17.1 Å². The Kier molecular flexibility index (Phi) is 9.48. The smallest absolute Gasteiger partial charge is 0.0468 e. The van der Waals surface area contributed by atoms with Crippen molar-refractivity contribution in [3.05, 3.63) is 222 Å². The molecule has 1 heteroatoms. The molecule has 0 N–H and O–H groups in total. The van der Waals surface area contributed by atoms with Gasteiger partial charge in [-0.05, 0) is 187 Å². The molecule has 0 atom stereocenters. The van der Waals surface area contributed by atoms with E-state index in [1.807, 2.05) is 0 Å². The Morgan fingerprint density at radius 3 is 0.968 bits per heavy atom. The Morgan fingerprint density at radius 2 is 0.540 bits per heavy atom. The topological polar surface area (TPSA) is 3.24 Å². The predicted octanol–water partition coefficient (Wildman–Crippen LogP) is 17.0. The summed E-state index contributed by atoms with van der Waals surface area (Å²) in [5, 5.41) is 7.74. The first-order valence-corrected chi connectivity index (χ1v) is 23.0. The lowest BCUT2D eigenvalue weighted by atomic mass is 9.73. The van der Waals surface area contributed by atoms with E-state index < -0.39 is 0 Å². The van der Waals surface area contributed by atoms with Crippen molar-refractivity contribution in [2.45, 2.75) is 51.4 Å². The molecule has 0 aliphatic heterocycles. The molecule has 0 heterocycles. The molecule has 0 unspecified atom stereocenters. The molecule has 0 spiro atoms. The van der Waals surface area contributed by atoms with E-state index in [1.54, 1.807) is 27.8 Å². The second-order valence-corrected chi connectivity index (χ2v) is 17.6. The fraction of sp³-hybridized carbons (Fsp3) is 0.129. The van der Waals surface area contributed by atoms with Crippen molar-refractivity contribution in [3.8, 4) is 44.5 Å². The fourth-order valence-electron chi connectivity index (χ4n) is 11.1. The van der Waals surface area contributed by atoms with E-state index in [0.717, 1.165) is 42.7 Å². The molecule has 2 aliphatic rings. The molecule has 10 aromatic carbocycles. The Labute approximate surface area is 370 Å². The van der Waals surface area contributed by atoms with Gasteiger partial charge in [0.05, 0.1) is 0 Å². The highest BCUT2D eigenvalue weighted by atomic mass is 15.1. The van der Waals surface area contributed by atoms with Crippen molar-refractivity contribution in [1.82, 2.24) is 0 Å². The van der Waals surface area contributed by atoms with Gasteiger partial charge in [-0.15, -0.1) is 0 Å². The van der Waals surface area contributed by atoms with Crippen molar-refractivity contribution in [3.63, 3.8) is 0 Å². The summed E-state index contributed by atoms with van der Waals surface area (Å²) in [6.07, 6.45) is 9.62. The molecule has 0 radical (unpaired) electrons. The SMILES string of the molecule is c1ccc(-c2ccc(-c3c4c(c(-c5ccc(N(c6ccc(-c7ccccc7)cc6)c6ccc7c8ccccc8c8ccccc8c7c6)cc5)c5c3CCCC5)CCCC4)cc2)cc1. The van der Waals surface area contributed by atoms with Gasteiger partial charge < -0.3 is 4.90 Å². The molecule has 0 amide bonds. The Morgan fingerprint density at radius 1 is 0.238 bits per heavy atom. The van der Waals surface area contributed by atoms with Crippen molar-refractivity contribution in [1.29, 1.82) is 0 Å². The lowest BCUT2D eigenvalue weighted by Crippen LogP contribution is -2.15. The van der Waals surface area contributed by atoms with Crippen LogP contribution >= 0.6 is 0 Å². The zero-order valence-electron chi connectivity index (χ0n) is 35.7. The summed E-state index contributed by atoms with van der Waals surface area (Å²) in [6.45, 7) is 0. The second-order valence-electron chi connectivity index (χ2n) is 17.6. The van der Waals surface area contributed by atoms with Gasteiger partial charge in [0.15, 0.2) is 0 Å². The van der Waals surface area contributed by atoms with Gasteiger partial charge >= 0.3 is 0 Å². The van der Waals surface area contributed by atoms with Gasteiger partial charge in [-0.1, -0.05) is 164 Å². The number of fused-ring (bicyclic) bond motifs is 8. The van der Waals surface area contributed by atoms with Gasteiger partial charge in [0.2, 0.25) is 0 Å². The van der Waals surface area contributed by atoms with Crippen LogP contribution in [0, 0.1) is 0 Å². The molecule has 302 valence electrons.